The SMILES string of the molecule is CN(C)CCOc1ccccc1CNC(=O)c1cccc(N)c1.Cl.Cl. The highest BCUT2D eigenvalue weighted by Crippen LogP contribution is 2.18. The van der Waals surface area contributed by atoms with Gasteiger partial charge in [0.05, 0.1) is 0 Å². The summed E-state index contributed by atoms with van der Waals surface area (Å²) < 4.78 is 5.79. The third-order valence-electron chi connectivity index (χ3n) is 3.36. The third-order valence-corrected chi connectivity index (χ3v) is 3.36. The standard InChI is InChI=1S/C18H23N3O2.2ClH/c1-21(2)10-11-23-17-9-4-3-6-15(17)13-20-18(22)14-7-5-8-16(19)12-14;;/h3-9,12H,10-11,13,19H2,1-2H3,(H,20,22);2*1H. The number of anilines is 1. The number of ether oxygens (including phenoxy) is 1. The number of carbonyl (C=O) groups is 1. The molecule has 0 saturated carbocycles. The van der Waals surface area contributed by atoms with Crippen LogP contribution in [0.2, 0.25) is 0 Å². The summed E-state index contributed by atoms with van der Waals surface area (Å²) >= 11 is 0. The fraction of sp³-hybridized carbons (Fsp3) is 0.278. The molecule has 0 radical (unpaired) electrons. The number of carbonyl (C=O) groups excluding carboxylic acids is 1. The zero-order valence-electron chi connectivity index (χ0n) is 14.4. The van der Waals surface area contributed by atoms with Crippen LogP contribution in [-0.4, -0.2) is 38.1 Å². The normalized spacial score (nSPS) is 9.72. The molecule has 7 heteroatoms. The minimum Gasteiger partial charge on any atom is -0.492 e. The highest BCUT2D eigenvalue weighted by atomic mass is 35.5. The highest BCUT2D eigenvalue weighted by molar-refractivity contribution is 5.94. The van der Waals surface area contributed by atoms with Gasteiger partial charge in [0.2, 0.25) is 0 Å². The number of nitrogens with one attached hydrogen (secondary N) is 1. The van der Waals surface area contributed by atoms with Crippen molar-refractivity contribution in [3.8, 4) is 5.75 Å². The first-order chi connectivity index (χ1) is 11.1. The van der Waals surface area contributed by atoms with E-state index in [0.29, 0.717) is 24.4 Å². The number of hydrogen-bond donors (Lipinski definition) is 2. The Bertz CT molecular complexity index is 666. The molecule has 0 aliphatic heterocycles. The molecule has 25 heavy (non-hydrogen) atoms. The summed E-state index contributed by atoms with van der Waals surface area (Å²) in [5.41, 5.74) is 7.78. The van der Waals surface area contributed by atoms with Crippen molar-refractivity contribution in [2.24, 2.45) is 0 Å². The van der Waals surface area contributed by atoms with Gasteiger partial charge in [0, 0.05) is 29.9 Å². The Labute approximate surface area is 161 Å². The molecule has 0 fully saturated rings. The summed E-state index contributed by atoms with van der Waals surface area (Å²) in [6.45, 7) is 1.85. The fourth-order valence-electron chi connectivity index (χ4n) is 2.09. The van der Waals surface area contributed by atoms with Crippen LogP contribution in [0.3, 0.4) is 0 Å². The molecule has 0 saturated heterocycles. The predicted molar refractivity (Wildman–Crippen MR) is 107 cm³/mol. The number of halogens is 2. The number of benzene rings is 2. The fourth-order valence-corrected chi connectivity index (χ4v) is 2.09. The number of nitrogen functional groups attached to an aromatic ring is 1. The topological polar surface area (TPSA) is 67.6 Å². The lowest BCUT2D eigenvalue weighted by Crippen LogP contribution is -2.24. The van der Waals surface area contributed by atoms with Gasteiger partial charge in [0.15, 0.2) is 0 Å². The van der Waals surface area contributed by atoms with Crippen LogP contribution in [-0.2, 0) is 6.54 Å². The number of likely N-dealkylation sites (N-methyl/N-ethyl adjacent to an activating group) is 1. The van der Waals surface area contributed by atoms with E-state index in [1.54, 1.807) is 24.3 Å². The molecule has 5 nitrogen and oxygen atoms in total. The summed E-state index contributed by atoms with van der Waals surface area (Å²) in [4.78, 5) is 14.2. The van der Waals surface area contributed by atoms with E-state index in [0.717, 1.165) is 17.9 Å². The zero-order chi connectivity index (χ0) is 16.7. The summed E-state index contributed by atoms with van der Waals surface area (Å²) in [6, 6.07) is 14.6. The van der Waals surface area contributed by atoms with Gasteiger partial charge in [-0.15, -0.1) is 24.8 Å². The quantitative estimate of drug-likeness (QED) is 0.718. The van der Waals surface area contributed by atoms with Crippen LogP contribution >= 0.6 is 24.8 Å². The van der Waals surface area contributed by atoms with Crippen LogP contribution in [0.25, 0.3) is 0 Å². The molecule has 0 heterocycles. The van der Waals surface area contributed by atoms with Crippen molar-refractivity contribution >= 4 is 36.4 Å². The highest BCUT2D eigenvalue weighted by Gasteiger charge is 2.08. The molecule has 138 valence electrons. The Kier molecular flexibility index (Phi) is 10.7. The second-order valence-electron chi connectivity index (χ2n) is 5.57. The third kappa shape index (κ3) is 7.65. The van der Waals surface area contributed by atoms with Gasteiger partial charge < -0.3 is 20.7 Å². The van der Waals surface area contributed by atoms with Crippen LogP contribution in [0, 0.1) is 0 Å². The molecule has 0 atom stereocenters. The van der Waals surface area contributed by atoms with Gasteiger partial charge in [0.25, 0.3) is 5.91 Å². The molecule has 0 aromatic heterocycles. The first kappa shape index (κ1) is 23.1. The van der Waals surface area contributed by atoms with E-state index in [2.05, 4.69) is 10.2 Å². The average molecular weight is 386 g/mol. The molecule has 1 amide bonds. The molecule has 2 aromatic carbocycles. The van der Waals surface area contributed by atoms with Crippen LogP contribution in [0.5, 0.6) is 5.75 Å². The van der Waals surface area contributed by atoms with Gasteiger partial charge in [-0.3, -0.25) is 4.79 Å². The van der Waals surface area contributed by atoms with Gasteiger partial charge in [-0.1, -0.05) is 24.3 Å². The summed E-state index contributed by atoms with van der Waals surface area (Å²) in [6.07, 6.45) is 0. The second kappa shape index (κ2) is 11.6. The van der Waals surface area contributed by atoms with Crippen molar-refractivity contribution in [1.82, 2.24) is 10.2 Å². The van der Waals surface area contributed by atoms with E-state index in [1.807, 2.05) is 38.4 Å². The van der Waals surface area contributed by atoms with Crippen molar-refractivity contribution in [2.45, 2.75) is 6.54 Å². The van der Waals surface area contributed by atoms with Gasteiger partial charge in [-0.2, -0.15) is 0 Å². The minimum absolute atomic E-state index is 0. The van der Waals surface area contributed by atoms with E-state index in [9.17, 15) is 4.79 Å². The Hall–Kier alpha value is -1.95. The number of nitrogens with two attached hydrogens (primary N) is 1. The lowest BCUT2D eigenvalue weighted by Gasteiger charge is -2.14. The van der Waals surface area contributed by atoms with Crippen molar-refractivity contribution < 1.29 is 9.53 Å². The van der Waals surface area contributed by atoms with Crippen LogP contribution < -0.4 is 15.8 Å². The Morgan fingerprint density at radius 2 is 1.84 bits per heavy atom. The largest absolute Gasteiger partial charge is 0.492 e. The maximum absolute atomic E-state index is 12.2. The number of para-hydroxylation sites is 1. The molecule has 2 rings (SSSR count). The maximum atomic E-state index is 12.2. The maximum Gasteiger partial charge on any atom is 0.251 e. The molecular formula is C18H25Cl2N3O2. The molecule has 0 aliphatic carbocycles. The summed E-state index contributed by atoms with van der Waals surface area (Å²) in [5.74, 6) is 0.641. The van der Waals surface area contributed by atoms with Crippen LogP contribution in [0.15, 0.2) is 48.5 Å². The predicted octanol–water partition coefficient (Wildman–Crippen LogP) is 2.98. The molecule has 0 unspecified atom stereocenters. The first-order valence-electron chi connectivity index (χ1n) is 7.55. The van der Waals surface area contributed by atoms with Gasteiger partial charge in [-0.05, 0) is 38.4 Å². The summed E-state index contributed by atoms with van der Waals surface area (Å²) in [7, 11) is 4.00. The first-order valence-corrected chi connectivity index (χ1v) is 7.55. The minimum atomic E-state index is -0.152. The Morgan fingerprint density at radius 3 is 2.52 bits per heavy atom. The lowest BCUT2D eigenvalue weighted by molar-refractivity contribution is 0.0950. The molecular weight excluding hydrogens is 361 g/mol. The Morgan fingerprint density at radius 1 is 1.12 bits per heavy atom. The van der Waals surface area contributed by atoms with E-state index in [-0.39, 0.29) is 30.7 Å². The number of amides is 1. The molecule has 0 bridgehead atoms. The smallest absolute Gasteiger partial charge is 0.251 e. The van der Waals surface area contributed by atoms with E-state index < -0.39 is 0 Å². The van der Waals surface area contributed by atoms with Gasteiger partial charge in [-0.25, -0.2) is 0 Å². The number of nitrogens with zero attached hydrogens (tertiary/aromatic N) is 1. The van der Waals surface area contributed by atoms with E-state index in [1.165, 1.54) is 0 Å². The van der Waals surface area contributed by atoms with Crippen LogP contribution in [0.1, 0.15) is 15.9 Å². The van der Waals surface area contributed by atoms with Crippen molar-refractivity contribution in [3.05, 3.63) is 59.7 Å². The van der Waals surface area contributed by atoms with Gasteiger partial charge in [0.1, 0.15) is 12.4 Å². The molecule has 2 aromatic rings. The molecule has 3 N–H and O–H groups in total. The van der Waals surface area contributed by atoms with E-state index in [4.69, 9.17) is 10.5 Å². The van der Waals surface area contributed by atoms with Crippen molar-refractivity contribution in [2.75, 3.05) is 33.0 Å². The summed E-state index contributed by atoms with van der Waals surface area (Å²) in [5, 5.41) is 2.90. The van der Waals surface area contributed by atoms with Gasteiger partial charge >= 0.3 is 0 Å². The number of rotatable bonds is 7. The number of hydrogen-bond acceptors (Lipinski definition) is 4. The molecule has 0 spiro atoms. The van der Waals surface area contributed by atoms with E-state index >= 15 is 0 Å². The zero-order valence-corrected chi connectivity index (χ0v) is 16.0. The van der Waals surface area contributed by atoms with Crippen LogP contribution in [0.4, 0.5) is 5.69 Å². The average Bonchev–Trinajstić information content (AvgIpc) is 2.53. The molecule has 0 aliphatic rings. The van der Waals surface area contributed by atoms with Crippen molar-refractivity contribution in [3.63, 3.8) is 0 Å². The monoisotopic (exact) mass is 385 g/mol. The Balaban J connectivity index is 0.00000288. The second-order valence-corrected chi connectivity index (χ2v) is 5.57. The lowest BCUT2D eigenvalue weighted by atomic mass is 10.1. The van der Waals surface area contributed by atoms with Crippen molar-refractivity contribution in [1.29, 1.82) is 0 Å².